The van der Waals surface area contributed by atoms with Gasteiger partial charge in [-0.3, -0.25) is 4.79 Å². The molecule has 0 fully saturated rings. The number of methoxy groups -OCH3 is 1. The molecule has 0 aliphatic heterocycles. The summed E-state index contributed by atoms with van der Waals surface area (Å²) in [5.41, 5.74) is 0. The average Bonchev–Trinajstić information content (AvgIpc) is 2.40. The third kappa shape index (κ3) is 9.14. The molecule has 0 radical (unpaired) electrons. The van der Waals surface area contributed by atoms with Crippen molar-refractivity contribution in [1.29, 1.82) is 0 Å². The van der Waals surface area contributed by atoms with Crippen LogP contribution in [-0.2, 0) is 9.53 Å². The normalized spacial score (nSPS) is 9.70. The Morgan fingerprint density at radius 1 is 1.30 bits per heavy atom. The van der Waals surface area contributed by atoms with Crippen LogP contribution in [0, 0.1) is 0 Å². The lowest BCUT2D eigenvalue weighted by Gasteiger charge is -2.08. The second kappa shape index (κ2) is 12.0. The van der Waals surface area contributed by atoms with Crippen molar-refractivity contribution in [2.45, 2.75) is 0 Å². The standard InChI is InChI=1S/C13H19BrN2O3.ClH/c1-18-8-7-15-5-6-16-13(17)10-19-12-4-2-3-11(14)9-12;/h2-4,9,15H,5-8,10H2,1H3,(H,16,17);1H. The first-order valence-corrected chi connectivity index (χ1v) is 6.86. The molecule has 0 saturated carbocycles. The van der Waals surface area contributed by atoms with Gasteiger partial charge in [0.05, 0.1) is 6.61 Å². The van der Waals surface area contributed by atoms with Crippen LogP contribution in [0.25, 0.3) is 0 Å². The highest BCUT2D eigenvalue weighted by Gasteiger charge is 2.02. The van der Waals surface area contributed by atoms with E-state index in [1.807, 2.05) is 24.3 Å². The molecule has 0 unspecified atom stereocenters. The summed E-state index contributed by atoms with van der Waals surface area (Å²) in [6, 6.07) is 7.39. The van der Waals surface area contributed by atoms with E-state index < -0.39 is 0 Å². The number of hydrogen-bond donors (Lipinski definition) is 2. The van der Waals surface area contributed by atoms with Crippen molar-refractivity contribution in [3.05, 3.63) is 28.7 Å². The van der Waals surface area contributed by atoms with Crippen LogP contribution in [0.3, 0.4) is 0 Å². The number of carbonyl (C=O) groups excluding carboxylic acids is 1. The van der Waals surface area contributed by atoms with E-state index in [9.17, 15) is 4.79 Å². The van der Waals surface area contributed by atoms with Gasteiger partial charge in [0.25, 0.3) is 5.91 Å². The first-order valence-electron chi connectivity index (χ1n) is 6.07. The van der Waals surface area contributed by atoms with E-state index in [0.29, 0.717) is 25.4 Å². The number of rotatable bonds is 9. The lowest BCUT2D eigenvalue weighted by molar-refractivity contribution is -0.123. The van der Waals surface area contributed by atoms with Crippen LogP contribution in [0.5, 0.6) is 5.75 Å². The summed E-state index contributed by atoms with van der Waals surface area (Å²) in [6.45, 7) is 2.76. The van der Waals surface area contributed by atoms with E-state index in [4.69, 9.17) is 9.47 Å². The summed E-state index contributed by atoms with van der Waals surface area (Å²) in [4.78, 5) is 11.5. The zero-order chi connectivity index (χ0) is 13.9. The first kappa shape index (κ1) is 19.2. The Morgan fingerprint density at radius 3 is 2.80 bits per heavy atom. The number of halogens is 2. The molecule has 20 heavy (non-hydrogen) atoms. The quantitative estimate of drug-likeness (QED) is 0.651. The molecule has 2 N–H and O–H groups in total. The van der Waals surface area contributed by atoms with Crippen molar-refractivity contribution < 1.29 is 14.3 Å². The molecule has 0 heterocycles. The van der Waals surface area contributed by atoms with Crippen LogP contribution in [0.1, 0.15) is 0 Å². The molecule has 0 aliphatic rings. The van der Waals surface area contributed by atoms with Crippen LogP contribution in [-0.4, -0.2) is 45.9 Å². The van der Waals surface area contributed by atoms with Gasteiger partial charge in [-0.1, -0.05) is 22.0 Å². The van der Waals surface area contributed by atoms with E-state index in [2.05, 4.69) is 26.6 Å². The Hall–Kier alpha value is -0.820. The third-order valence-electron chi connectivity index (χ3n) is 2.27. The molecule has 7 heteroatoms. The molecular formula is C13H20BrClN2O3. The van der Waals surface area contributed by atoms with Gasteiger partial charge in [0.15, 0.2) is 6.61 Å². The zero-order valence-electron chi connectivity index (χ0n) is 11.4. The third-order valence-corrected chi connectivity index (χ3v) is 2.77. The monoisotopic (exact) mass is 366 g/mol. The van der Waals surface area contributed by atoms with Gasteiger partial charge in [-0.25, -0.2) is 0 Å². The lowest BCUT2D eigenvalue weighted by atomic mass is 10.3. The maximum Gasteiger partial charge on any atom is 0.257 e. The summed E-state index contributed by atoms with van der Waals surface area (Å²) >= 11 is 3.34. The largest absolute Gasteiger partial charge is 0.484 e. The van der Waals surface area contributed by atoms with E-state index in [1.54, 1.807) is 7.11 Å². The molecule has 0 spiro atoms. The van der Waals surface area contributed by atoms with E-state index >= 15 is 0 Å². The van der Waals surface area contributed by atoms with Crippen LogP contribution < -0.4 is 15.4 Å². The Morgan fingerprint density at radius 2 is 2.10 bits per heavy atom. The maximum absolute atomic E-state index is 11.5. The lowest BCUT2D eigenvalue weighted by Crippen LogP contribution is -2.35. The van der Waals surface area contributed by atoms with E-state index in [0.717, 1.165) is 11.0 Å². The second-order valence-corrected chi connectivity index (χ2v) is 4.75. The maximum atomic E-state index is 11.5. The van der Waals surface area contributed by atoms with Crippen molar-refractivity contribution in [3.63, 3.8) is 0 Å². The number of carbonyl (C=O) groups is 1. The second-order valence-electron chi connectivity index (χ2n) is 3.84. The zero-order valence-corrected chi connectivity index (χ0v) is 13.8. The Labute approximate surface area is 133 Å². The van der Waals surface area contributed by atoms with Gasteiger partial charge < -0.3 is 20.1 Å². The fraction of sp³-hybridized carbons (Fsp3) is 0.462. The number of hydrogen-bond acceptors (Lipinski definition) is 4. The molecule has 1 aromatic rings. The number of amides is 1. The summed E-state index contributed by atoms with van der Waals surface area (Å²) in [5.74, 6) is 0.538. The fourth-order valence-corrected chi connectivity index (χ4v) is 1.72. The summed E-state index contributed by atoms with van der Waals surface area (Å²) in [6.07, 6.45) is 0. The fourth-order valence-electron chi connectivity index (χ4n) is 1.35. The van der Waals surface area contributed by atoms with Crippen molar-refractivity contribution in [2.24, 2.45) is 0 Å². The van der Waals surface area contributed by atoms with Gasteiger partial charge in [-0.15, -0.1) is 12.4 Å². The van der Waals surface area contributed by atoms with E-state index in [1.165, 1.54) is 0 Å². The Bertz CT molecular complexity index is 394. The number of ether oxygens (including phenoxy) is 2. The van der Waals surface area contributed by atoms with Crippen molar-refractivity contribution >= 4 is 34.2 Å². The highest BCUT2D eigenvalue weighted by Crippen LogP contribution is 2.17. The molecule has 0 aliphatic carbocycles. The van der Waals surface area contributed by atoms with Gasteiger partial charge in [0, 0.05) is 31.2 Å². The molecular weight excluding hydrogens is 348 g/mol. The van der Waals surface area contributed by atoms with Crippen molar-refractivity contribution in [2.75, 3.05) is 40.0 Å². The number of nitrogens with one attached hydrogen (secondary N) is 2. The predicted molar refractivity (Wildman–Crippen MR) is 84.6 cm³/mol. The molecule has 0 saturated heterocycles. The molecule has 0 atom stereocenters. The smallest absolute Gasteiger partial charge is 0.257 e. The minimum absolute atomic E-state index is 0. The molecule has 0 bridgehead atoms. The van der Waals surface area contributed by atoms with Crippen LogP contribution >= 0.6 is 28.3 Å². The van der Waals surface area contributed by atoms with Gasteiger partial charge in [0.2, 0.25) is 0 Å². The van der Waals surface area contributed by atoms with E-state index in [-0.39, 0.29) is 24.9 Å². The Kier molecular flexibility index (Phi) is 11.5. The topological polar surface area (TPSA) is 59.6 Å². The highest BCUT2D eigenvalue weighted by molar-refractivity contribution is 9.10. The molecule has 1 rings (SSSR count). The van der Waals surface area contributed by atoms with Crippen LogP contribution in [0.4, 0.5) is 0 Å². The van der Waals surface area contributed by atoms with Crippen molar-refractivity contribution in [1.82, 2.24) is 10.6 Å². The number of benzene rings is 1. The molecule has 5 nitrogen and oxygen atoms in total. The van der Waals surface area contributed by atoms with Crippen molar-refractivity contribution in [3.8, 4) is 5.75 Å². The minimum atomic E-state index is -0.131. The SMILES string of the molecule is COCCNCCNC(=O)COc1cccc(Br)c1.Cl. The van der Waals surface area contributed by atoms with Gasteiger partial charge >= 0.3 is 0 Å². The minimum Gasteiger partial charge on any atom is -0.484 e. The van der Waals surface area contributed by atoms with Gasteiger partial charge in [-0.2, -0.15) is 0 Å². The molecule has 0 aromatic heterocycles. The summed E-state index contributed by atoms with van der Waals surface area (Å²) in [7, 11) is 1.66. The molecule has 114 valence electrons. The van der Waals surface area contributed by atoms with Crippen LogP contribution in [0.15, 0.2) is 28.7 Å². The van der Waals surface area contributed by atoms with Gasteiger partial charge in [0.1, 0.15) is 5.75 Å². The molecule has 1 aromatic carbocycles. The van der Waals surface area contributed by atoms with Gasteiger partial charge in [-0.05, 0) is 18.2 Å². The highest BCUT2D eigenvalue weighted by atomic mass is 79.9. The average molecular weight is 368 g/mol. The Balaban J connectivity index is 0.00000361. The predicted octanol–water partition coefficient (Wildman–Crippen LogP) is 1.60. The summed E-state index contributed by atoms with van der Waals surface area (Å²) < 4.78 is 11.2. The first-order chi connectivity index (χ1) is 9.22. The molecule has 1 amide bonds. The summed E-state index contributed by atoms with van der Waals surface area (Å²) in [5, 5.41) is 5.90. The van der Waals surface area contributed by atoms with Crippen LogP contribution in [0.2, 0.25) is 0 Å².